The highest BCUT2D eigenvalue weighted by Gasteiger charge is 2.32. The number of rotatable bonds is 5. The fraction of sp³-hybridized carbons (Fsp3) is 0.875. The summed E-state index contributed by atoms with van der Waals surface area (Å²) in [4.78, 5) is 26.7. The van der Waals surface area contributed by atoms with Crippen molar-refractivity contribution in [3.63, 3.8) is 0 Å². The molecule has 0 aromatic rings. The second-order valence-corrected chi connectivity index (χ2v) is 6.40. The summed E-state index contributed by atoms with van der Waals surface area (Å²) in [5, 5.41) is 6.26. The maximum atomic E-state index is 12.5. The standard InChI is InChI=1S/C16H29N3O3/c1-3-5-12(2)18-15(20)13-6-4-8-19(10-13)16(21)14-11-22-9-7-17-14/h12-14,17H,3-11H2,1-2H3,(H,18,20). The molecular formula is C16H29N3O3. The molecule has 2 heterocycles. The summed E-state index contributed by atoms with van der Waals surface area (Å²) in [6.07, 6.45) is 3.80. The van der Waals surface area contributed by atoms with Crippen molar-refractivity contribution >= 4 is 11.8 Å². The number of piperidine rings is 1. The van der Waals surface area contributed by atoms with Crippen LogP contribution in [0.15, 0.2) is 0 Å². The third-order valence-corrected chi connectivity index (χ3v) is 4.43. The van der Waals surface area contributed by atoms with Crippen LogP contribution in [0.5, 0.6) is 0 Å². The average Bonchev–Trinajstić information content (AvgIpc) is 2.55. The second kappa shape index (κ2) is 8.48. The van der Waals surface area contributed by atoms with Crippen LogP contribution in [-0.2, 0) is 14.3 Å². The van der Waals surface area contributed by atoms with Crippen LogP contribution in [0.2, 0.25) is 0 Å². The lowest BCUT2D eigenvalue weighted by Gasteiger charge is -2.35. The van der Waals surface area contributed by atoms with Crippen LogP contribution in [0, 0.1) is 5.92 Å². The number of morpholine rings is 1. The topological polar surface area (TPSA) is 70.7 Å². The van der Waals surface area contributed by atoms with Crippen molar-refractivity contribution in [3.8, 4) is 0 Å². The molecule has 2 fully saturated rings. The van der Waals surface area contributed by atoms with E-state index in [1.165, 1.54) is 0 Å². The first kappa shape index (κ1) is 17.2. The SMILES string of the molecule is CCCC(C)NC(=O)C1CCCN(C(=O)C2COCCN2)C1. The Bertz CT molecular complexity index is 383. The number of hydrogen-bond donors (Lipinski definition) is 2. The number of nitrogens with zero attached hydrogens (tertiary/aromatic N) is 1. The highest BCUT2D eigenvalue weighted by molar-refractivity contribution is 5.84. The number of amides is 2. The van der Waals surface area contributed by atoms with Gasteiger partial charge in [-0.15, -0.1) is 0 Å². The zero-order chi connectivity index (χ0) is 15.9. The summed E-state index contributed by atoms with van der Waals surface area (Å²) in [6.45, 7) is 7.22. The van der Waals surface area contributed by atoms with Crippen molar-refractivity contribution in [1.82, 2.24) is 15.5 Å². The van der Waals surface area contributed by atoms with Gasteiger partial charge in [0.2, 0.25) is 11.8 Å². The van der Waals surface area contributed by atoms with Crippen molar-refractivity contribution in [2.24, 2.45) is 5.92 Å². The quantitative estimate of drug-likeness (QED) is 0.776. The molecule has 3 atom stereocenters. The maximum Gasteiger partial charge on any atom is 0.242 e. The van der Waals surface area contributed by atoms with E-state index in [2.05, 4.69) is 17.6 Å². The fourth-order valence-corrected chi connectivity index (χ4v) is 3.20. The molecule has 2 saturated heterocycles. The Balaban J connectivity index is 1.85. The molecule has 6 heteroatoms. The van der Waals surface area contributed by atoms with Gasteiger partial charge in [0.25, 0.3) is 0 Å². The van der Waals surface area contributed by atoms with E-state index in [1.807, 2.05) is 11.8 Å². The molecule has 0 aromatic heterocycles. The summed E-state index contributed by atoms with van der Waals surface area (Å²) < 4.78 is 5.36. The minimum absolute atomic E-state index is 0.0683. The Morgan fingerprint density at radius 1 is 1.45 bits per heavy atom. The van der Waals surface area contributed by atoms with E-state index < -0.39 is 0 Å². The molecule has 2 amide bonds. The van der Waals surface area contributed by atoms with Gasteiger partial charge in [0.1, 0.15) is 6.04 Å². The monoisotopic (exact) mass is 311 g/mol. The smallest absolute Gasteiger partial charge is 0.242 e. The summed E-state index contributed by atoms with van der Waals surface area (Å²) in [5.74, 6) is 0.0756. The highest BCUT2D eigenvalue weighted by Crippen LogP contribution is 2.18. The van der Waals surface area contributed by atoms with Crippen LogP contribution in [-0.4, -0.2) is 61.6 Å². The number of nitrogens with one attached hydrogen (secondary N) is 2. The van der Waals surface area contributed by atoms with E-state index in [9.17, 15) is 9.59 Å². The highest BCUT2D eigenvalue weighted by atomic mass is 16.5. The molecule has 22 heavy (non-hydrogen) atoms. The van der Waals surface area contributed by atoms with E-state index in [4.69, 9.17) is 4.74 Å². The third kappa shape index (κ3) is 4.68. The van der Waals surface area contributed by atoms with E-state index in [1.54, 1.807) is 0 Å². The largest absolute Gasteiger partial charge is 0.378 e. The first-order valence-corrected chi connectivity index (χ1v) is 8.52. The normalized spacial score (nSPS) is 27.3. The van der Waals surface area contributed by atoms with Crippen molar-refractivity contribution in [3.05, 3.63) is 0 Å². The van der Waals surface area contributed by atoms with Gasteiger partial charge in [0, 0.05) is 25.7 Å². The molecule has 2 aliphatic rings. The molecular weight excluding hydrogens is 282 g/mol. The lowest BCUT2D eigenvalue weighted by atomic mass is 9.96. The van der Waals surface area contributed by atoms with Crippen LogP contribution in [0.3, 0.4) is 0 Å². The molecule has 0 aromatic carbocycles. The summed E-state index contributed by atoms with van der Waals surface area (Å²) in [5.41, 5.74) is 0. The van der Waals surface area contributed by atoms with Crippen LogP contribution >= 0.6 is 0 Å². The molecule has 0 spiro atoms. The molecule has 0 saturated carbocycles. The second-order valence-electron chi connectivity index (χ2n) is 6.40. The van der Waals surface area contributed by atoms with Gasteiger partial charge in [-0.3, -0.25) is 9.59 Å². The minimum atomic E-state index is -0.255. The Labute approximate surface area is 132 Å². The minimum Gasteiger partial charge on any atom is -0.378 e. The van der Waals surface area contributed by atoms with Gasteiger partial charge in [0.05, 0.1) is 19.1 Å². The number of ether oxygens (including phenoxy) is 1. The Morgan fingerprint density at radius 3 is 2.95 bits per heavy atom. The molecule has 3 unspecified atom stereocenters. The van der Waals surface area contributed by atoms with Crippen LogP contribution in [0.1, 0.15) is 39.5 Å². The molecule has 0 aliphatic carbocycles. The van der Waals surface area contributed by atoms with Gasteiger partial charge in [0.15, 0.2) is 0 Å². The Kier molecular flexibility index (Phi) is 6.64. The summed E-state index contributed by atoms with van der Waals surface area (Å²) in [6, 6.07) is -0.0495. The zero-order valence-corrected chi connectivity index (χ0v) is 13.8. The van der Waals surface area contributed by atoms with Gasteiger partial charge in [-0.2, -0.15) is 0 Å². The van der Waals surface area contributed by atoms with Crippen molar-refractivity contribution < 1.29 is 14.3 Å². The number of hydrogen-bond acceptors (Lipinski definition) is 4. The van der Waals surface area contributed by atoms with Gasteiger partial charge >= 0.3 is 0 Å². The van der Waals surface area contributed by atoms with Crippen molar-refractivity contribution in [2.45, 2.75) is 51.6 Å². The van der Waals surface area contributed by atoms with E-state index >= 15 is 0 Å². The van der Waals surface area contributed by atoms with Gasteiger partial charge < -0.3 is 20.3 Å². The summed E-state index contributed by atoms with van der Waals surface area (Å²) >= 11 is 0. The van der Waals surface area contributed by atoms with Crippen LogP contribution in [0.4, 0.5) is 0 Å². The molecule has 0 radical (unpaired) electrons. The van der Waals surface area contributed by atoms with E-state index in [-0.39, 0.29) is 29.8 Å². The third-order valence-electron chi connectivity index (χ3n) is 4.43. The fourth-order valence-electron chi connectivity index (χ4n) is 3.20. The molecule has 6 nitrogen and oxygen atoms in total. The summed E-state index contributed by atoms with van der Waals surface area (Å²) in [7, 11) is 0. The number of likely N-dealkylation sites (tertiary alicyclic amines) is 1. The number of carbonyl (C=O) groups is 2. The van der Waals surface area contributed by atoms with Crippen LogP contribution in [0.25, 0.3) is 0 Å². The molecule has 0 bridgehead atoms. The predicted molar refractivity (Wildman–Crippen MR) is 84.4 cm³/mol. The molecule has 2 rings (SSSR count). The van der Waals surface area contributed by atoms with E-state index in [0.29, 0.717) is 26.3 Å². The maximum absolute atomic E-state index is 12.5. The van der Waals surface area contributed by atoms with Gasteiger partial charge in [-0.25, -0.2) is 0 Å². The van der Waals surface area contributed by atoms with Gasteiger partial charge in [-0.1, -0.05) is 13.3 Å². The van der Waals surface area contributed by atoms with Crippen molar-refractivity contribution in [1.29, 1.82) is 0 Å². The lowest BCUT2D eigenvalue weighted by molar-refractivity contribution is -0.140. The number of carbonyl (C=O) groups excluding carboxylic acids is 2. The molecule has 126 valence electrons. The first-order chi connectivity index (χ1) is 10.6. The first-order valence-electron chi connectivity index (χ1n) is 8.52. The Morgan fingerprint density at radius 2 is 2.27 bits per heavy atom. The Hall–Kier alpha value is -1.14. The molecule has 2 aliphatic heterocycles. The van der Waals surface area contributed by atoms with E-state index in [0.717, 1.165) is 32.2 Å². The van der Waals surface area contributed by atoms with Crippen LogP contribution < -0.4 is 10.6 Å². The predicted octanol–water partition coefficient (Wildman–Crippen LogP) is 0.518. The van der Waals surface area contributed by atoms with Gasteiger partial charge in [-0.05, 0) is 26.2 Å². The van der Waals surface area contributed by atoms with Crippen molar-refractivity contribution in [2.75, 3.05) is 32.8 Å². The zero-order valence-electron chi connectivity index (χ0n) is 13.8. The molecule has 2 N–H and O–H groups in total. The lowest BCUT2D eigenvalue weighted by Crippen LogP contribution is -2.55. The average molecular weight is 311 g/mol.